The van der Waals surface area contributed by atoms with Crippen LogP contribution in [-0.4, -0.2) is 27.2 Å². The summed E-state index contributed by atoms with van der Waals surface area (Å²) in [4.78, 5) is 4.81. The van der Waals surface area contributed by atoms with Crippen molar-refractivity contribution in [2.45, 2.75) is 13.5 Å². The van der Waals surface area contributed by atoms with Gasteiger partial charge in [0.1, 0.15) is 17.2 Å². The third kappa shape index (κ3) is 2.60. The Morgan fingerprint density at radius 2 is 1.92 bits per heavy atom. The molecule has 0 unspecified atom stereocenters. The van der Waals surface area contributed by atoms with Gasteiger partial charge in [-0.3, -0.25) is 0 Å². The van der Waals surface area contributed by atoms with Crippen LogP contribution in [0, 0.1) is 0 Å². The molecule has 3 aromatic rings. The summed E-state index contributed by atoms with van der Waals surface area (Å²) in [7, 11) is 0. The van der Waals surface area contributed by atoms with Gasteiger partial charge in [-0.05, 0) is 25.1 Å². The fraction of sp³-hybridized carbons (Fsp3) is 0.150. The summed E-state index contributed by atoms with van der Waals surface area (Å²) in [5.41, 5.74) is 12.0. The number of hydrogen-bond acceptors (Lipinski definition) is 4. The first kappa shape index (κ1) is 16.2. The highest BCUT2D eigenvalue weighted by Crippen LogP contribution is 2.29. The highest BCUT2D eigenvalue weighted by atomic mass is 16.3. The van der Waals surface area contributed by atoms with Gasteiger partial charge in [0.2, 0.25) is 11.4 Å². The van der Waals surface area contributed by atoms with Crippen molar-refractivity contribution in [1.82, 2.24) is 9.78 Å². The molecule has 1 aliphatic heterocycles. The molecule has 0 bridgehead atoms. The molecule has 1 aliphatic rings. The van der Waals surface area contributed by atoms with E-state index in [1.54, 1.807) is 10.9 Å². The van der Waals surface area contributed by atoms with E-state index in [0.29, 0.717) is 18.1 Å². The molecule has 4 rings (SSSR count). The van der Waals surface area contributed by atoms with Crippen molar-refractivity contribution in [2.75, 3.05) is 12.3 Å². The molecule has 3 N–H and O–H groups in total. The fourth-order valence-corrected chi connectivity index (χ4v) is 3.27. The fourth-order valence-electron chi connectivity index (χ4n) is 3.27. The van der Waals surface area contributed by atoms with E-state index in [2.05, 4.69) is 28.7 Å². The number of nitrogens with zero attached hydrogens (tertiary/aromatic N) is 4. The maximum Gasteiger partial charge on any atom is 0.237 e. The lowest BCUT2D eigenvalue weighted by atomic mass is 10.1. The molecule has 130 valence electrons. The topological polar surface area (TPSA) is 80.3 Å². The normalized spacial score (nSPS) is 14.9. The quantitative estimate of drug-likeness (QED) is 0.711. The van der Waals surface area contributed by atoms with E-state index in [-0.39, 0.29) is 6.61 Å². The van der Waals surface area contributed by atoms with Gasteiger partial charge in [0.15, 0.2) is 6.20 Å². The van der Waals surface area contributed by atoms with Gasteiger partial charge in [-0.25, -0.2) is 9.67 Å². The van der Waals surface area contributed by atoms with Crippen molar-refractivity contribution < 1.29 is 9.67 Å². The maximum absolute atomic E-state index is 9.11. The number of rotatable bonds is 4. The Hall–Kier alpha value is -3.25. The number of aliphatic imine (C=N–C) groups is 1. The molecule has 0 radical (unpaired) electrons. The molecule has 0 fully saturated rings. The van der Waals surface area contributed by atoms with Gasteiger partial charge in [0.05, 0.1) is 24.9 Å². The molecule has 6 nitrogen and oxygen atoms in total. The number of nitrogens with two attached hydrogens (primary N) is 1. The maximum atomic E-state index is 9.11. The predicted molar refractivity (Wildman–Crippen MR) is 101 cm³/mol. The Bertz CT molecular complexity index is 1020. The second-order valence-electron chi connectivity index (χ2n) is 6.12. The van der Waals surface area contributed by atoms with Crippen LogP contribution in [0.15, 0.2) is 71.5 Å². The van der Waals surface area contributed by atoms with E-state index in [4.69, 9.17) is 15.8 Å². The molecule has 0 spiro atoms. The number of pyridine rings is 1. The molecule has 0 amide bonds. The van der Waals surface area contributed by atoms with E-state index >= 15 is 0 Å². The first-order chi connectivity index (χ1) is 12.7. The number of anilines is 1. The first-order valence-corrected chi connectivity index (χ1v) is 8.49. The minimum atomic E-state index is -0.0162. The minimum Gasteiger partial charge on any atom is -0.394 e. The standard InChI is InChI=1S/C20H19N5O/c1-14-18(23-16-13-22-25(11-12-26)20(16)21)17-9-5-6-10-24(17)19(14)15-7-3-2-4-8-15/h2-10,13,21,26H,11-12H2,1H3/p+1. The smallest absolute Gasteiger partial charge is 0.237 e. The van der Waals surface area contributed by atoms with Crippen LogP contribution in [0.3, 0.4) is 0 Å². The van der Waals surface area contributed by atoms with Crippen LogP contribution in [0.5, 0.6) is 0 Å². The second kappa shape index (κ2) is 6.57. The van der Waals surface area contributed by atoms with E-state index < -0.39 is 0 Å². The zero-order valence-electron chi connectivity index (χ0n) is 14.5. The van der Waals surface area contributed by atoms with E-state index in [1.807, 2.05) is 42.6 Å². The van der Waals surface area contributed by atoms with Gasteiger partial charge in [0.25, 0.3) is 0 Å². The van der Waals surface area contributed by atoms with Crippen molar-refractivity contribution in [3.63, 3.8) is 0 Å². The molecule has 26 heavy (non-hydrogen) atoms. The average Bonchev–Trinajstić information content (AvgIpc) is 3.15. The van der Waals surface area contributed by atoms with Crippen molar-refractivity contribution in [2.24, 2.45) is 4.99 Å². The van der Waals surface area contributed by atoms with Crippen LogP contribution in [-0.2, 0) is 6.54 Å². The number of nitrogen functional groups attached to an aromatic ring is 1. The predicted octanol–water partition coefficient (Wildman–Crippen LogP) is 2.16. The summed E-state index contributed by atoms with van der Waals surface area (Å²) in [6.07, 6.45) is 3.68. The molecule has 0 saturated carbocycles. The van der Waals surface area contributed by atoms with E-state index in [0.717, 1.165) is 28.2 Å². The Balaban J connectivity index is 1.88. The van der Waals surface area contributed by atoms with Crippen LogP contribution in [0.1, 0.15) is 18.2 Å². The van der Waals surface area contributed by atoms with Crippen LogP contribution in [0.25, 0.3) is 5.70 Å². The first-order valence-electron chi connectivity index (χ1n) is 8.49. The molecular formula is C20H20N5O+. The third-order valence-electron chi connectivity index (χ3n) is 4.51. The number of hydrogen-bond donors (Lipinski definition) is 2. The molecule has 2 aromatic heterocycles. The van der Waals surface area contributed by atoms with E-state index in [1.165, 1.54) is 0 Å². The minimum absolute atomic E-state index is 0.0162. The number of benzene rings is 1. The summed E-state index contributed by atoms with van der Waals surface area (Å²) in [6, 6.07) is 16.3. The van der Waals surface area contributed by atoms with Crippen molar-refractivity contribution in [1.29, 1.82) is 0 Å². The lowest BCUT2D eigenvalue weighted by Gasteiger charge is -2.01. The highest BCUT2D eigenvalue weighted by molar-refractivity contribution is 6.17. The zero-order valence-corrected chi connectivity index (χ0v) is 14.5. The molecule has 6 heteroatoms. The van der Waals surface area contributed by atoms with Gasteiger partial charge in [0, 0.05) is 17.7 Å². The summed E-state index contributed by atoms with van der Waals surface area (Å²) in [6.45, 7) is 2.41. The zero-order chi connectivity index (χ0) is 18.1. The van der Waals surface area contributed by atoms with E-state index in [9.17, 15) is 0 Å². The summed E-state index contributed by atoms with van der Waals surface area (Å²) >= 11 is 0. The number of aromatic nitrogens is 3. The monoisotopic (exact) mass is 346 g/mol. The summed E-state index contributed by atoms with van der Waals surface area (Å²) in [5.74, 6) is 0.454. The molecule has 0 saturated heterocycles. The van der Waals surface area contributed by atoms with Crippen molar-refractivity contribution in [3.8, 4) is 0 Å². The Morgan fingerprint density at radius 1 is 1.15 bits per heavy atom. The van der Waals surface area contributed by atoms with Gasteiger partial charge in [-0.15, -0.1) is 0 Å². The lowest BCUT2D eigenvalue weighted by Crippen LogP contribution is -2.34. The molecular weight excluding hydrogens is 326 g/mol. The highest BCUT2D eigenvalue weighted by Gasteiger charge is 2.34. The number of aliphatic hydroxyl groups is 1. The summed E-state index contributed by atoms with van der Waals surface area (Å²) < 4.78 is 3.71. The van der Waals surface area contributed by atoms with Gasteiger partial charge < -0.3 is 10.8 Å². The number of aliphatic hydroxyl groups excluding tert-OH is 1. The number of fused-ring (bicyclic) bond motifs is 1. The van der Waals surface area contributed by atoms with Crippen molar-refractivity contribution in [3.05, 3.63) is 77.8 Å². The molecule has 0 atom stereocenters. The van der Waals surface area contributed by atoms with Gasteiger partial charge in [-0.2, -0.15) is 9.67 Å². The Kier molecular flexibility index (Phi) is 4.10. The van der Waals surface area contributed by atoms with Crippen LogP contribution in [0.4, 0.5) is 11.5 Å². The largest absolute Gasteiger partial charge is 0.394 e. The lowest BCUT2D eigenvalue weighted by molar-refractivity contribution is -0.577. The number of allylic oxidation sites excluding steroid dienone is 1. The summed E-state index contributed by atoms with van der Waals surface area (Å²) in [5, 5.41) is 13.3. The van der Waals surface area contributed by atoms with Gasteiger partial charge in [-0.1, -0.05) is 18.2 Å². The molecule has 0 aliphatic carbocycles. The van der Waals surface area contributed by atoms with Gasteiger partial charge >= 0.3 is 0 Å². The second-order valence-corrected chi connectivity index (χ2v) is 6.12. The molecule has 3 heterocycles. The average molecular weight is 346 g/mol. The van der Waals surface area contributed by atoms with Crippen LogP contribution < -0.4 is 10.3 Å². The SMILES string of the molecule is CC1=C(c2ccccc2)[n+]2ccccc2/C1=N/c1cnn(CCO)c1N. The van der Waals surface area contributed by atoms with Crippen LogP contribution in [0.2, 0.25) is 0 Å². The third-order valence-corrected chi connectivity index (χ3v) is 4.51. The van der Waals surface area contributed by atoms with Crippen LogP contribution >= 0.6 is 0 Å². The Labute approximate surface area is 151 Å². The molecule has 1 aromatic carbocycles. The van der Waals surface area contributed by atoms with Crippen molar-refractivity contribution >= 4 is 22.9 Å². The Morgan fingerprint density at radius 3 is 2.69 bits per heavy atom.